The van der Waals surface area contributed by atoms with Crippen LogP contribution in [-0.4, -0.2) is 48.1 Å². The second kappa shape index (κ2) is 8.91. The molecular weight excluding hydrogens is 356 g/mol. The normalized spacial score (nSPS) is 13.2. The van der Waals surface area contributed by atoms with E-state index in [0.29, 0.717) is 42.1 Å². The lowest BCUT2D eigenvalue weighted by Gasteiger charge is -2.29. The van der Waals surface area contributed by atoms with Gasteiger partial charge in [-0.2, -0.15) is 0 Å². The minimum Gasteiger partial charge on any atom is -0.493 e. The van der Waals surface area contributed by atoms with Crippen LogP contribution in [0.3, 0.4) is 0 Å². The molecule has 0 saturated heterocycles. The predicted octanol–water partition coefficient (Wildman–Crippen LogP) is 3.15. The Morgan fingerprint density at radius 1 is 1.21 bits per heavy atom. The van der Waals surface area contributed by atoms with Crippen LogP contribution in [0.1, 0.15) is 41.9 Å². The van der Waals surface area contributed by atoms with Crippen molar-refractivity contribution in [3.8, 4) is 11.5 Å². The SMILES string of the molecule is COc1cc2c(cc1OC)CN(C(=O)c1ccnc(NCCC(C)C)n1)CC2. The maximum Gasteiger partial charge on any atom is 0.272 e. The second-order valence-electron chi connectivity index (χ2n) is 7.33. The van der Waals surface area contributed by atoms with Crippen molar-refractivity contribution >= 4 is 11.9 Å². The lowest BCUT2D eigenvalue weighted by atomic mass is 9.98. The molecule has 1 aliphatic rings. The summed E-state index contributed by atoms with van der Waals surface area (Å²) < 4.78 is 10.8. The maximum absolute atomic E-state index is 13.0. The fourth-order valence-electron chi connectivity index (χ4n) is 3.25. The first-order valence-corrected chi connectivity index (χ1v) is 9.61. The third-order valence-electron chi connectivity index (χ3n) is 4.88. The molecule has 0 unspecified atom stereocenters. The molecule has 7 nitrogen and oxygen atoms in total. The Morgan fingerprint density at radius 3 is 2.61 bits per heavy atom. The number of nitrogens with one attached hydrogen (secondary N) is 1. The molecule has 2 aromatic rings. The molecule has 28 heavy (non-hydrogen) atoms. The molecule has 3 rings (SSSR count). The van der Waals surface area contributed by atoms with Crippen molar-refractivity contribution in [2.45, 2.75) is 33.2 Å². The molecule has 1 N–H and O–H groups in total. The Kier molecular flexibility index (Phi) is 6.34. The number of hydrogen-bond donors (Lipinski definition) is 1. The number of methoxy groups -OCH3 is 2. The van der Waals surface area contributed by atoms with Crippen molar-refractivity contribution in [1.29, 1.82) is 0 Å². The topological polar surface area (TPSA) is 76.6 Å². The molecule has 0 bridgehead atoms. The summed E-state index contributed by atoms with van der Waals surface area (Å²) in [5, 5.41) is 3.19. The summed E-state index contributed by atoms with van der Waals surface area (Å²) in [6.07, 6.45) is 3.42. The largest absolute Gasteiger partial charge is 0.493 e. The van der Waals surface area contributed by atoms with E-state index in [1.165, 1.54) is 5.56 Å². The maximum atomic E-state index is 13.0. The summed E-state index contributed by atoms with van der Waals surface area (Å²) in [6, 6.07) is 5.62. The lowest BCUT2D eigenvalue weighted by Crippen LogP contribution is -2.36. The highest BCUT2D eigenvalue weighted by atomic mass is 16.5. The van der Waals surface area contributed by atoms with E-state index < -0.39 is 0 Å². The van der Waals surface area contributed by atoms with E-state index in [1.54, 1.807) is 26.5 Å². The zero-order valence-electron chi connectivity index (χ0n) is 17.0. The average molecular weight is 384 g/mol. The summed E-state index contributed by atoms with van der Waals surface area (Å²) >= 11 is 0. The number of amides is 1. The highest BCUT2D eigenvalue weighted by molar-refractivity contribution is 5.92. The molecule has 0 radical (unpaired) electrons. The van der Waals surface area contributed by atoms with Crippen LogP contribution in [0.25, 0.3) is 0 Å². The number of benzene rings is 1. The van der Waals surface area contributed by atoms with Gasteiger partial charge in [-0.3, -0.25) is 4.79 Å². The van der Waals surface area contributed by atoms with Gasteiger partial charge in [0.2, 0.25) is 5.95 Å². The van der Waals surface area contributed by atoms with Crippen molar-refractivity contribution in [3.63, 3.8) is 0 Å². The van der Waals surface area contributed by atoms with Crippen molar-refractivity contribution < 1.29 is 14.3 Å². The van der Waals surface area contributed by atoms with E-state index in [9.17, 15) is 4.79 Å². The standard InChI is InChI=1S/C21H28N4O3/c1-14(2)5-8-22-21-23-9-6-17(24-21)20(26)25-10-7-15-11-18(27-3)19(28-4)12-16(15)13-25/h6,9,11-12,14H,5,7-8,10,13H2,1-4H3,(H,22,23,24). The van der Waals surface area contributed by atoms with E-state index >= 15 is 0 Å². The Labute approximate surface area is 166 Å². The van der Waals surface area contributed by atoms with Crippen LogP contribution in [0.2, 0.25) is 0 Å². The minimum absolute atomic E-state index is 0.0882. The molecule has 2 heterocycles. The number of rotatable bonds is 7. The van der Waals surface area contributed by atoms with Crippen LogP contribution in [0.5, 0.6) is 11.5 Å². The van der Waals surface area contributed by atoms with E-state index in [4.69, 9.17) is 9.47 Å². The molecule has 0 fully saturated rings. The van der Waals surface area contributed by atoms with Gasteiger partial charge in [-0.25, -0.2) is 9.97 Å². The van der Waals surface area contributed by atoms with Gasteiger partial charge in [0.05, 0.1) is 14.2 Å². The molecule has 0 atom stereocenters. The smallest absolute Gasteiger partial charge is 0.272 e. The number of anilines is 1. The molecule has 150 valence electrons. The second-order valence-corrected chi connectivity index (χ2v) is 7.33. The van der Waals surface area contributed by atoms with Crippen LogP contribution < -0.4 is 14.8 Å². The van der Waals surface area contributed by atoms with Crippen molar-refractivity contribution in [2.24, 2.45) is 5.92 Å². The fourth-order valence-corrected chi connectivity index (χ4v) is 3.25. The number of ether oxygens (including phenoxy) is 2. The molecule has 0 aliphatic carbocycles. The molecule has 1 aliphatic heterocycles. The summed E-state index contributed by atoms with van der Waals surface area (Å²) in [4.78, 5) is 23.4. The molecule has 1 amide bonds. The van der Waals surface area contributed by atoms with Crippen LogP contribution in [0.15, 0.2) is 24.4 Å². The van der Waals surface area contributed by atoms with E-state index in [0.717, 1.165) is 24.9 Å². The first-order valence-electron chi connectivity index (χ1n) is 9.61. The fraction of sp³-hybridized carbons (Fsp3) is 0.476. The highest BCUT2D eigenvalue weighted by Gasteiger charge is 2.24. The van der Waals surface area contributed by atoms with Gasteiger partial charge in [-0.05, 0) is 48.1 Å². The Balaban J connectivity index is 1.72. The number of aromatic nitrogens is 2. The molecule has 0 spiro atoms. The third-order valence-corrected chi connectivity index (χ3v) is 4.88. The number of carbonyl (C=O) groups is 1. The monoisotopic (exact) mass is 384 g/mol. The zero-order valence-corrected chi connectivity index (χ0v) is 17.0. The van der Waals surface area contributed by atoms with Gasteiger partial charge in [-0.1, -0.05) is 13.8 Å². The first kappa shape index (κ1) is 19.9. The van der Waals surface area contributed by atoms with E-state index in [-0.39, 0.29) is 5.91 Å². The van der Waals surface area contributed by atoms with Gasteiger partial charge >= 0.3 is 0 Å². The summed E-state index contributed by atoms with van der Waals surface area (Å²) in [6.45, 7) is 6.28. The van der Waals surface area contributed by atoms with Gasteiger partial charge in [0.25, 0.3) is 5.91 Å². The van der Waals surface area contributed by atoms with Gasteiger partial charge < -0.3 is 19.7 Å². The van der Waals surface area contributed by atoms with Gasteiger partial charge in [0.15, 0.2) is 11.5 Å². The molecule has 1 aromatic carbocycles. The minimum atomic E-state index is -0.0882. The highest BCUT2D eigenvalue weighted by Crippen LogP contribution is 2.33. The van der Waals surface area contributed by atoms with Gasteiger partial charge in [0.1, 0.15) is 5.69 Å². The molecule has 1 aromatic heterocycles. The molecular formula is C21H28N4O3. The van der Waals surface area contributed by atoms with E-state index in [2.05, 4.69) is 29.1 Å². The van der Waals surface area contributed by atoms with E-state index in [1.807, 2.05) is 17.0 Å². The van der Waals surface area contributed by atoms with Crippen LogP contribution in [-0.2, 0) is 13.0 Å². The summed E-state index contributed by atoms with van der Waals surface area (Å²) in [5.74, 6) is 2.40. The van der Waals surface area contributed by atoms with Gasteiger partial charge in [-0.15, -0.1) is 0 Å². The van der Waals surface area contributed by atoms with Crippen molar-refractivity contribution in [2.75, 3.05) is 32.6 Å². The lowest BCUT2D eigenvalue weighted by molar-refractivity contribution is 0.0728. The van der Waals surface area contributed by atoms with Crippen LogP contribution in [0, 0.1) is 5.92 Å². The predicted molar refractivity (Wildman–Crippen MR) is 108 cm³/mol. The molecule has 7 heteroatoms. The number of carbonyl (C=O) groups excluding carboxylic acids is 1. The summed E-state index contributed by atoms with van der Waals surface area (Å²) in [7, 11) is 3.25. The average Bonchev–Trinajstić information content (AvgIpc) is 2.71. The first-order chi connectivity index (χ1) is 13.5. The van der Waals surface area contributed by atoms with Crippen LogP contribution in [0.4, 0.5) is 5.95 Å². The Hall–Kier alpha value is -2.83. The molecule has 0 saturated carbocycles. The zero-order chi connectivity index (χ0) is 20.1. The Morgan fingerprint density at radius 2 is 1.93 bits per heavy atom. The quantitative estimate of drug-likeness (QED) is 0.790. The number of hydrogen-bond acceptors (Lipinski definition) is 6. The Bertz CT molecular complexity index is 838. The number of nitrogens with zero attached hydrogens (tertiary/aromatic N) is 3. The van der Waals surface area contributed by atoms with Crippen molar-refractivity contribution in [3.05, 3.63) is 41.2 Å². The number of fused-ring (bicyclic) bond motifs is 1. The third kappa shape index (κ3) is 4.52. The van der Waals surface area contributed by atoms with Crippen molar-refractivity contribution in [1.82, 2.24) is 14.9 Å². The van der Waals surface area contributed by atoms with Crippen LogP contribution >= 0.6 is 0 Å². The van der Waals surface area contributed by atoms with Gasteiger partial charge in [0, 0.05) is 25.8 Å². The summed E-state index contributed by atoms with van der Waals surface area (Å²) in [5.41, 5.74) is 2.66.